The van der Waals surface area contributed by atoms with E-state index in [9.17, 15) is 4.79 Å². The van der Waals surface area contributed by atoms with Crippen LogP contribution < -0.4 is 11.1 Å². The highest BCUT2D eigenvalue weighted by molar-refractivity contribution is 5.77. The molecule has 0 amide bonds. The van der Waals surface area contributed by atoms with Gasteiger partial charge in [0.05, 0.1) is 18.3 Å². The zero-order valence-corrected chi connectivity index (χ0v) is 20.0. The van der Waals surface area contributed by atoms with Crippen LogP contribution in [0.5, 0.6) is 0 Å². The smallest absolute Gasteiger partial charge is 0.323 e. The molecule has 0 aliphatic heterocycles. The second-order valence-electron chi connectivity index (χ2n) is 8.67. The van der Waals surface area contributed by atoms with Crippen LogP contribution in [0.2, 0.25) is 0 Å². The molecule has 5 rings (SSSR count). The summed E-state index contributed by atoms with van der Waals surface area (Å²) in [6.45, 7) is 0. The van der Waals surface area contributed by atoms with Crippen molar-refractivity contribution in [3.8, 4) is 0 Å². The Balaban J connectivity index is 1.69. The Morgan fingerprint density at radius 1 is 0.889 bits per heavy atom. The topological polar surface area (TPSA) is 81.7 Å². The van der Waals surface area contributed by atoms with E-state index in [2.05, 4.69) is 46.7 Å². The van der Waals surface area contributed by atoms with Gasteiger partial charge in [-0.3, -0.25) is 10.1 Å². The number of aromatic nitrogens is 2. The summed E-state index contributed by atoms with van der Waals surface area (Å²) in [5, 5.41) is 3.75. The SMILES string of the molecule is COC(=O)C(Cc1ccc(N)c2nccn12)NC(c1ccccc1)(c1ccccc1)c1ccccc1. The molecule has 1 atom stereocenters. The number of methoxy groups -OCH3 is 1. The number of anilines is 1. The second kappa shape index (κ2) is 10.1. The minimum atomic E-state index is -0.815. The highest BCUT2D eigenvalue weighted by atomic mass is 16.5. The van der Waals surface area contributed by atoms with Gasteiger partial charge in [-0.05, 0) is 28.8 Å². The van der Waals surface area contributed by atoms with Gasteiger partial charge in [-0.1, -0.05) is 91.0 Å². The molecule has 0 saturated heterocycles. The van der Waals surface area contributed by atoms with Crippen molar-refractivity contribution in [3.63, 3.8) is 0 Å². The molecule has 36 heavy (non-hydrogen) atoms. The third kappa shape index (κ3) is 4.23. The standard InChI is InChI=1S/C30H28N4O2/c1-36-29(35)27(21-25-17-18-26(31)28-32-19-20-34(25)28)33-30(22-11-5-2-6-12-22,23-13-7-3-8-14-23)24-15-9-4-10-16-24/h2-20,27,33H,21,31H2,1H3. The van der Waals surface area contributed by atoms with Gasteiger partial charge >= 0.3 is 5.97 Å². The molecule has 180 valence electrons. The van der Waals surface area contributed by atoms with Crippen molar-refractivity contribution in [2.24, 2.45) is 0 Å². The van der Waals surface area contributed by atoms with E-state index in [1.54, 1.807) is 6.20 Å². The second-order valence-corrected chi connectivity index (χ2v) is 8.67. The Morgan fingerprint density at radius 3 is 1.92 bits per heavy atom. The molecular weight excluding hydrogens is 448 g/mol. The van der Waals surface area contributed by atoms with E-state index in [0.29, 0.717) is 17.8 Å². The number of pyridine rings is 1. The van der Waals surface area contributed by atoms with E-state index in [4.69, 9.17) is 10.5 Å². The maximum atomic E-state index is 13.3. The van der Waals surface area contributed by atoms with E-state index < -0.39 is 11.6 Å². The number of fused-ring (bicyclic) bond motifs is 1. The summed E-state index contributed by atoms with van der Waals surface area (Å²) in [5.74, 6) is -0.354. The first-order chi connectivity index (χ1) is 17.6. The number of hydrogen-bond donors (Lipinski definition) is 2. The predicted molar refractivity (Wildman–Crippen MR) is 141 cm³/mol. The van der Waals surface area contributed by atoms with Crippen molar-refractivity contribution in [2.45, 2.75) is 18.0 Å². The van der Waals surface area contributed by atoms with Crippen LogP contribution in [-0.2, 0) is 21.5 Å². The lowest BCUT2D eigenvalue weighted by Crippen LogP contribution is -2.53. The van der Waals surface area contributed by atoms with E-state index in [1.807, 2.05) is 77.3 Å². The quantitative estimate of drug-likeness (QED) is 0.253. The van der Waals surface area contributed by atoms with E-state index in [-0.39, 0.29) is 5.97 Å². The summed E-state index contributed by atoms with van der Waals surface area (Å²) in [4.78, 5) is 17.7. The summed E-state index contributed by atoms with van der Waals surface area (Å²) in [5.41, 5.74) is 10.5. The van der Waals surface area contributed by atoms with Crippen molar-refractivity contribution >= 4 is 17.3 Å². The van der Waals surface area contributed by atoms with Gasteiger partial charge in [0, 0.05) is 24.5 Å². The molecule has 0 aliphatic carbocycles. The molecule has 0 saturated carbocycles. The first-order valence-corrected chi connectivity index (χ1v) is 11.9. The fourth-order valence-corrected chi connectivity index (χ4v) is 4.88. The highest BCUT2D eigenvalue weighted by Crippen LogP contribution is 2.37. The third-order valence-electron chi connectivity index (χ3n) is 6.57. The molecule has 2 aromatic heterocycles. The summed E-state index contributed by atoms with van der Waals surface area (Å²) in [7, 11) is 1.42. The van der Waals surface area contributed by atoms with Crippen molar-refractivity contribution in [1.82, 2.24) is 14.7 Å². The monoisotopic (exact) mass is 476 g/mol. The molecule has 0 radical (unpaired) electrons. The number of hydrogen-bond acceptors (Lipinski definition) is 5. The maximum Gasteiger partial charge on any atom is 0.323 e. The Bertz CT molecular complexity index is 1350. The number of benzene rings is 3. The first-order valence-electron chi connectivity index (χ1n) is 11.9. The Hall–Kier alpha value is -4.42. The number of carbonyl (C=O) groups is 1. The van der Waals surface area contributed by atoms with Crippen molar-refractivity contribution in [2.75, 3.05) is 12.8 Å². The number of nitrogen functional groups attached to an aromatic ring is 1. The normalized spacial score (nSPS) is 12.4. The number of nitrogens with one attached hydrogen (secondary N) is 1. The minimum absolute atomic E-state index is 0.354. The van der Waals surface area contributed by atoms with Gasteiger partial charge < -0.3 is 14.9 Å². The third-order valence-corrected chi connectivity index (χ3v) is 6.57. The number of rotatable bonds is 8. The highest BCUT2D eigenvalue weighted by Gasteiger charge is 2.40. The van der Waals surface area contributed by atoms with Gasteiger partial charge in [0.25, 0.3) is 0 Å². The molecule has 6 nitrogen and oxygen atoms in total. The molecule has 0 aliphatic rings. The summed E-state index contributed by atoms with van der Waals surface area (Å²) >= 11 is 0. The van der Waals surface area contributed by atoms with Gasteiger partial charge in [0.1, 0.15) is 6.04 Å². The fraction of sp³-hybridized carbons (Fsp3) is 0.133. The van der Waals surface area contributed by atoms with Crippen LogP contribution in [0.15, 0.2) is 116 Å². The van der Waals surface area contributed by atoms with E-state index in [0.717, 1.165) is 22.4 Å². The van der Waals surface area contributed by atoms with E-state index >= 15 is 0 Å². The average molecular weight is 477 g/mol. The maximum absolute atomic E-state index is 13.3. The molecule has 1 unspecified atom stereocenters. The molecule has 0 fully saturated rings. The predicted octanol–water partition coefficient (Wildman–Crippen LogP) is 4.58. The molecule has 2 heterocycles. The number of esters is 1. The Morgan fingerprint density at radius 2 is 1.42 bits per heavy atom. The lowest BCUT2D eigenvalue weighted by Gasteiger charge is -2.39. The lowest BCUT2D eigenvalue weighted by atomic mass is 9.76. The fourth-order valence-electron chi connectivity index (χ4n) is 4.88. The summed E-state index contributed by atoms with van der Waals surface area (Å²) in [6.07, 6.45) is 3.93. The van der Waals surface area contributed by atoms with Crippen LogP contribution in [0, 0.1) is 0 Å². The molecule has 6 heteroatoms. The van der Waals surface area contributed by atoms with E-state index in [1.165, 1.54) is 7.11 Å². The number of carbonyl (C=O) groups excluding carboxylic acids is 1. The van der Waals surface area contributed by atoms with Crippen molar-refractivity contribution in [1.29, 1.82) is 0 Å². The number of ether oxygens (including phenoxy) is 1. The molecular formula is C30H28N4O2. The molecule has 3 N–H and O–H groups in total. The van der Waals surface area contributed by atoms with Gasteiger partial charge in [-0.15, -0.1) is 0 Å². The number of nitrogens with two attached hydrogens (primary N) is 1. The molecule has 0 bridgehead atoms. The Kier molecular flexibility index (Phi) is 6.52. The minimum Gasteiger partial charge on any atom is -0.468 e. The lowest BCUT2D eigenvalue weighted by molar-refractivity contribution is -0.143. The first kappa shape index (κ1) is 23.3. The largest absolute Gasteiger partial charge is 0.468 e. The van der Waals surface area contributed by atoms with Gasteiger partial charge in [-0.25, -0.2) is 4.98 Å². The number of imidazole rings is 1. The van der Waals surface area contributed by atoms with Crippen molar-refractivity contribution in [3.05, 3.63) is 138 Å². The van der Waals surface area contributed by atoms with Gasteiger partial charge in [0.2, 0.25) is 0 Å². The Labute approximate surface area is 210 Å². The van der Waals surface area contributed by atoms with Crippen LogP contribution in [0.25, 0.3) is 5.65 Å². The van der Waals surface area contributed by atoms with Gasteiger partial charge in [-0.2, -0.15) is 0 Å². The molecule has 0 spiro atoms. The summed E-state index contributed by atoms with van der Waals surface area (Å²) in [6, 6.07) is 33.6. The number of nitrogens with zero attached hydrogens (tertiary/aromatic N) is 2. The van der Waals surface area contributed by atoms with Gasteiger partial charge in [0.15, 0.2) is 5.65 Å². The zero-order valence-electron chi connectivity index (χ0n) is 20.0. The zero-order chi connectivity index (χ0) is 25.0. The summed E-state index contributed by atoms with van der Waals surface area (Å²) < 4.78 is 7.22. The van der Waals surface area contributed by atoms with Crippen molar-refractivity contribution < 1.29 is 9.53 Å². The van der Waals surface area contributed by atoms with Crippen LogP contribution >= 0.6 is 0 Å². The van der Waals surface area contributed by atoms with Crippen LogP contribution in [0.1, 0.15) is 22.4 Å². The molecule has 5 aromatic rings. The molecule has 3 aromatic carbocycles. The van der Waals surface area contributed by atoms with Crippen LogP contribution in [0.3, 0.4) is 0 Å². The average Bonchev–Trinajstić information content (AvgIpc) is 3.45. The van der Waals surface area contributed by atoms with Crippen LogP contribution in [0.4, 0.5) is 5.69 Å². The van der Waals surface area contributed by atoms with Crippen LogP contribution in [-0.4, -0.2) is 28.5 Å².